The molecule has 2 aromatic carbocycles. The zero-order valence-corrected chi connectivity index (χ0v) is 23.5. The molecule has 1 fully saturated rings. The van der Waals surface area contributed by atoms with E-state index < -0.39 is 18.0 Å². The van der Waals surface area contributed by atoms with Crippen molar-refractivity contribution in [2.45, 2.75) is 38.1 Å². The molecule has 2 amide bonds. The molecule has 0 atom stereocenters. The van der Waals surface area contributed by atoms with Gasteiger partial charge in [0, 0.05) is 19.1 Å². The van der Waals surface area contributed by atoms with E-state index in [1.807, 2.05) is 30.3 Å². The Bertz CT molecular complexity index is 1530. The Balaban J connectivity index is 1.05. The third kappa shape index (κ3) is 9.10. The Morgan fingerprint density at radius 1 is 0.837 bits per heavy atom. The molecule has 0 bridgehead atoms. The maximum Gasteiger partial charge on any atom is 0.573 e. The van der Waals surface area contributed by atoms with E-state index in [0.29, 0.717) is 34.7 Å². The average molecular weight is 613 g/mol. The van der Waals surface area contributed by atoms with Crippen molar-refractivity contribution >= 4 is 45.0 Å². The summed E-state index contributed by atoms with van der Waals surface area (Å²) in [5.41, 5.74) is 1.28. The Hall–Kier alpha value is -4.79. The Labute approximate surface area is 248 Å². The number of halogens is 3. The summed E-state index contributed by atoms with van der Waals surface area (Å²) < 4.78 is 41.2. The minimum absolute atomic E-state index is 0.154. The fourth-order valence-electron chi connectivity index (χ4n) is 4.49. The molecule has 43 heavy (non-hydrogen) atoms. The first-order chi connectivity index (χ1) is 20.7. The summed E-state index contributed by atoms with van der Waals surface area (Å²) in [7, 11) is 0. The van der Waals surface area contributed by atoms with Crippen LogP contribution in [0.25, 0.3) is 0 Å². The predicted octanol–water partition coefficient (Wildman–Crippen LogP) is 4.67. The Kier molecular flexibility index (Phi) is 9.29. The van der Waals surface area contributed by atoms with Crippen LogP contribution in [0.3, 0.4) is 0 Å². The number of hydrogen-bond donors (Lipinski definition) is 3. The van der Waals surface area contributed by atoms with E-state index in [2.05, 4.69) is 46.0 Å². The van der Waals surface area contributed by atoms with Crippen molar-refractivity contribution in [2.75, 3.05) is 33.9 Å². The first-order valence-electron chi connectivity index (χ1n) is 13.4. The van der Waals surface area contributed by atoms with Gasteiger partial charge >= 0.3 is 6.36 Å². The van der Waals surface area contributed by atoms with Crippen molar-refractivity contribution in [1.82, 2.24) is 20.4 Å². The molecule has 15 heteroatoms. The van der Waals surface area contributed by atoms with E-state index in [1.165, 1.54) is 29.5 Å². The van der Waals surface area contributed by atoms with E-state index in [9.17, 15) is 22.8 Å². The number of aromatic nitrogens is 4. The summed E-state index contributed by atoms with van der Waals surface area (Å²) >= 11 is 1.28. The number of amides is 2. The minimum Gasteiger partial charge on any atom is -0.406 e. The van der Waals surface area contributed by atoms with Crippen LogP contribution >= 0.6 is 11.3 Å². The summed E-state index contributed by atoms with van der Waals surface area (Å²) in [5.74, 6) is -0.104. The van der Waals surface area contributed by atoms with Gasteiger partial charge in [-0.05, 0) is 48.2 Å². The molecule has 5 rings (SSSR count). The van der Waals surface area contributed by atoms with E-state index in [-0.39, 0.29) is 30.6 Å². The van der Waals surface area contributed by atoms with E-state index in [4.69, 9.17) is 0 Å². The van der Waals surface area contributed by atoms with Gasteiger partial charge in [-0.2, -0.15) is 0 Å². The lowest BCUT2D eigenvalue weighted by Crippen LogP contribution is -2.39. The van der Waals surface area contributed by atoms with Gasteiger partial charge < -0.3 is 25.6 Å². The Morgan fingerprint density at radius 3 is 2.26 bits per heavy atom. The number of alkyl halides is 3. The predicted molar refractivity (Wildman–Crippen MR) is 155 cm³/mol. The molecular formula is C28H27F3N8O3S. The maximum atomic E-state index is 12.4. The van der Waals surface area contributed by atoms with Crippen molar-refractivity contribution in [1.29, 1.82) is 0 Å². The van der Waals surface area contributed by atoms with E-state index in [1.54, 1.807) is 12.1 Å². The highest BCUT2D eigenvalue weighted by atomic mass is 32.1. The van der Waals surface area contributed by atoms with E-state index in [0.717, 1.165) is 24.5 Å². The molecule has 0 spiro atoms. The fourth-order valence-corrected chi connectivity index (χ4v) is 5.23. The quantitative estimate of drug-likeness (QED) is 0.234. The van der Waals surface area contributed by atoms with Crippen LogP contribution in [0.5, 0.6) is 5.75 Å². The molecule has 1 saturated heterocycles. The first-order valence-corrected chi connectivity index (χ1v) is 14.2. The van der Waals surface area contributed by atoms with Gasteiger partial charge in [-0.3, -0.25) is 9.59 Å². The molecule has 3 heterocycles. The third-order valence-electron chi connectivity index (χ3n) is 6.44. The lowest BCUT2D eigenvalue weighted by molar-refractivity contribution is -0.274. The van der Waals surface area contributed by atoms with Gasteiger partial charge in [-0.15, -0.1) is 33.6 Å². The highest BCUT2D eigenvalue weighted by molar-refractivity contribution is 7.19. The molecule has 1 aliphatic heterocycles. The van der Waals surface area contributed by atoms with Crippen molar-refractivity contribution in [3.05, 3.63) is 77.9 Å². The molecule has 0 aliphatic carbocycles. The van der Waals surface area contributed by atoms with Gasteiger partial charge in [-0.25, -0.2) is 0 Å². The molecule has 3 N–H and O–H groups in total. The number of ether oxygens (including phenoxy) is 1. The van der Waals surface area contributed by atoms with Crippen LogP contribution in [0.2, 0.25) is 0 Å². The number of nitrogens with one attached hydrogen (secondary N) is 3. The topological polar surface area (TPSA) is 134 Å². The van der Waals surface area contributed by atoms with Crippen LogP contribution in [-0.2, 0) is 22.4 Å². The normalized spacial score (nSPS) is 13.8. The van der Waals surface area contributed by atoms with Gasteiger partial charge in [0.15, 0.2) is 11.6 Å². The second-order valence-corrected chi connectivity index (χ2v) is 10.7. The molecular weight excluding hydrogens is 585 g/mol. The molecule has 4 aromatic rings. The highest BCUT2D eigenvalue weighted by Crippen LogP contribution is 2.26. The van der Waals surface area contributed by atoms with Gasteiger partial charge in [0.05, 0.1) is 12.8 Å². The van der Waals surface area contributed by atoms with Crippen molar-refractivity contribution in [3.8, 4) is 5.75 Å². The second kappa shape index (κ2) is 13.5. The number of piperidine rings is 1. The standard InChI is InChI=1S/C28H27F3N8O3S/c29-28(30,31)42-21-8-4-7-19(15-21)17-24(40)33-22-9-10-23(36-35-22)39-13-11-20(12-14-39)32-26-37-38-27(43-26)34-25(41)16-18-5-2-1-3-6-18/h1-10,15,20H,11-14,16-17H2,(H,32,37)(H,33,35,40)(H,34,38,41). The van der Waals surface area contributed by atoms with Gasteiger partial charge in [0.1, 0.15) is 5.75 Å². The van der Waals surface area contributed by atoms with Crippen LogP contribution in [0.4, 0.5) is 35.1 Å². The number of hydrogen-bond acceptors (Lipinski definition) is 10. The summed E-state index contributed by atoms with van der Waals surface area (Å²) in [6, 6.07) is 18.3. The molecule has 2 aromatic heterocycles. The monoisotopic (exact) mass is 612 g/mol. The van der Waals surface area contributed by atoms with Gasteiger partial charge in [-0.1, -0.05) is 53.8 Å². The van der Waals surface area contributed by atoms with Crippen molar-refractivity contribution < 1.29 is 27.5 Å². The number of rotatable bonds is 10. The second-order valence-electron chi connectivity index (χ2n) is 9.73. The average Bonchev–Trinajstić information content (AvgIpc) is 3.40. The van der Waals surface area contributed by atoms with Crippen LogP contribution < -0.4 is 25.6 Å². The number of anilines is 4. The zero-order chi connectivity index (χ0) is 30.2. The minimum atomic E-state index is -4.81. The molecule has 0 saturated carbocycles. The van der Waals surface area contributed by atoms with Crippen molar-refractivity contribution in [2.24, 2.45) is 0 Å². The zero-order valence-electron chi connectivity index (χ0n) is 22.7. The smallest absolute Gasteiger partial charge is 0.406 e. The molecule has 0 unspecified atom stereocenters. The lowest BCUT2D eigenvalue weighted by Gasteiger charge is -2.32. The van der Waals surface area contributed by atoms with Crippen molar-refractivity contribution in [3.63, 3.8) is 0 Å². The number of benzene rings is 2. The van der Waals surface area contributed by atoms with Crippen LogP contribution in [-0.4, -0.2) is 57.7 Å². The summed E-state index contributed by atoms with van der Waals surface area (Å²) in [6.45, 7) is 1.43. The third-order valence-corrected chi connectivity index (χ3v) is 7.21. The Morgan fingerprint density at radius 2 is 1.53 bits per heavy atom. The highest BCUT2D eigenvalue weighted by Gasteiger charge is 2.31. The maximum absolute atomic E-state index is 12.4. The van der Waals surface area contributed by atoms with Gasteiger partial charge in [0.25, 0.3) is 0 Å². The molecule has 224 valence electrons. The van der Waals surface area contributed by atoms with Crippen LogP contribution in [0.1, 0.15) is 24.0 Å². The molecule has 0 radical (unpaired) electrons. The van der Waals surface area contributed by atoms with E-state index >= 15 is 0 Å². The number of carbonyl (C=O) groups excluding carboxylic acids is 2. The molecule has 1 aliphatic rings. The summed E-state index contributed by atoms with van der Waals surface area (Å²) in [4.78, 5) is 26.8. The summed E-state index contributed by atoms with van der Waals surface area (Å²) in [5, 5.41) is 26.4. The number of carbonyl (C=O) groups is 2. The van der Waals surface area contributed by atoms with Crippen LogP contribution in [0.15, 0.2) is 66.7 Å². The molecule has 11 nitrogen and oxygen atoms in total. The largest absolute Gasteiger partial charge is 0.573 e. The number of nitrogens with zero attached hydrogens (tertiary/aromatic N) is 5. The first kappa shape index (κ1) is 29.7. The lowest BCUT2D eigenvalue weighted by atomic mass is 10.1. The fraction of sp³-hybridized carbons (Fsp3) is 0.286. The summed E-state index contributed by atoms with van der Waals surface area (Å²) in [6.07, 6.45) is -3.08. The van der Waals surface area contributed by atoms with Crippen LogP contribution in [0, 0.1) is 0 Å². The SMILES string of the molecule is O=C(Cc1cccc(OC(F)(F)F)c1)Nc1ccc(N2CCC(Nc3nnc(NC(=O)Cc4ccccc4)s3)CC2)nn1. The van der Waals surface area contributed by atoms with Gasteiger partial charge in [0.2, 0.25) is 22.1 Å².